The van der Waals surface area contributed by atoms with Gasteiger partial charge in [-0.25, -0.2) is 0 Å². The fourth-order valence-electron chi connectivity index (χ4n) is 5.11. The van der Waals surface area contributed by atoms with E-state index in [1.807, 2.05) is 78.9 Å². The average molecular weight is 505 g/mol. The molecular weight excluding hydrogens is 468 g/mol. The van der Waals surface area contributed by atoms with Gasteiger partial charge in [0.15, 0.2) is 5.78 Å². The number of ketones is 1. The van der Waals surface area contributed by atoms with E-state index in [-0.39, 0.29) is 11.7 Å². The Balaban J connectivity index is 1.39. The lowest BCUT2D eigenvalue weighted by atomic mass is 9.65. The quantitative estimate of drug-likeness (QED) is 0.152. The molecule has 3 N–H and O–H groups in total. The predicted molar refractivity (Wildman–Crippen MR) is 155 cm³/mol. The molecular formula is C34H36N2O2. The number of hydrogen-bond acceptors (Lipinski definition) is 3. The first-order valence-electron chi connectivity index (χ1n) is 13.4. The van der Waals surface area contributed by atoms with Crippen molar-refractivity contribution in [3.05, 3.63) is 138 Å². The zero-order valence-corrected chi connectivity index (χ0v) is 21.8. The van der Waals surface area contributed by atoms with Crippen LogP contribution in [-0.4, -0.2) is 11.7 Å². The normalized spacial score (nSPS) is 11.2. The first-order chi connectivity index (χ1) is 18.6. The van der Waals surface area contributed by atoms with Gasteiger partial charge in [-0.1, -0.05) is 116 Å². The van der Waals surface area contributed by atoms with E-state index in [9.17, 15) is 9.59 Å². The number of benzene rings is 4. The van der Waals surface area contributed by atoms with Crippen molar-refractivity contribution in [2.75, 3.05) is 5.32 Å². The molecule has 0 aromatic heterocycles. The Kier molecular flexibility index (Phi) is 9.60. The van der Waals surface area contributed by atoms with Crippen LogP contribution in [0.1, 0.15) is 60.8 Å². The van der Waals surface area contributed by atoms with Crippen molar-refractivity contribution in [3.8, 4) is 0 Å². The van der Waals surface area contributed by atoms with Gasteiger partial charge in [0.05, 0.1) is 0 Å². The molecule has 4 nitrogen and oxygen atoms in total. The number of anilines is 1. The molecule has 4 aromatic rings. The maximum atomic E-state index is 14.2. The standard InChI is InChI=1S/C34H36N2O2/c35-26-27-22-24-31(25-23-27)36-33(38)21-13-2-1-12-20-32(37)34(28-14-6-3-7-15-28,29-16-8-4-9-17-29)30-18-10-5-11-19-30/h3-11,14-19,22-25H,1-2,12-13,20-21,26,35H2,(H,36,38). The molecule has 0 saturated carbocycles. The summed E-state index contributed by atoms with van der Waals surface area (Å²) in [6, 6.07) is 37.9. The lowest BCUT2D eigenvalue weighted by molar-refractivity contribution is -0.122. The smallest absolute Gasteiger partial charge is 0.224 e. The van der Waals surface area contributed by atoms with E-state index in [0.29, 0.717) is 19.4 Å². The van der Waals surface area contributed by atoms with E-state index in [0.717, 1.165) is 53.6 Å². The maximum Gasteiger partial charge on any atom is 0.224 e. The molecule has 0 fully saturated rings. The first-order valence-corrected chi connectivity index (χ1v) is 13.4. The predicted octanol–water partition coefficient (Wildman–Crippen LogP) is 7.03. The van der Waals surface area contributed by atoms with Crippen molar-refractivity contribution >= 4 is 17.4 Å². The van der Waals surface area contributed by atoms with Gasteiger partial charge in [-0.15, -0.1) is 0 Å². The van der Waals surface area contributed by atoms with Gasteiger partial charge >= 0.3 is 0 Å². The van der Waals surface area contributed by atoms with Crippen LogP contribution in [0.15, 0.2) is 115 Å². The minimum Gasteiger partial charge on any atom is -0.326 e. The van der Waals surface area contributed by atoms with Crippen molar-refractivity contribution in [1.29, 1.82) is 0 Å². The summed E-state index contributed by atoms with van der Waals surface area (Å²) in [5.41, 5.74) is 9.55. The second kappa shape index (κ2) is 13.5. The Morgan fingerprint density at radius 3 is 1.47 bits per heavy atom. The second-order valence-corrected chi connectivity index (χ2v) is 9.63. The molecule has 4 aromatic carbocycles. The zero-order valence-electron chi connectivity index (χ0n) is 21.8. The van der Waals surface area contributed by atoms with E-state index in [2.05, 4.69) is 41.7 Å². The molecule has 0 radical (unpaired) electrons. The number of rotatable bonds is 13. The Hall–Kier alpha value is -4.02. The summed E-state index contributed by atoms with van der Waals surface area (Å²) in [6.45, 7) is 0.486. The highest BCUT2D eigenvalue weighted by atomic mass is 16.1. The number of carbonyl (C=O) groups is 2. The summed E-state index contributed by atoms with van der Waals surface area (Å²) in [5.74, 6) is 0.206. The molecule has 4 rings (SSSR count). The van der Waals surface area contributed by atoms with Crippen LogP contribution in [0, 0.1) is 0 Å². The van der Waals surface area contributed by atoms with Crippen molar-refractivity contribution in [1.82, 2.24) is 0 Å². The summed E-state index contributed by atoms with van der Waals surface area (Å²) in [4.78, 5) is 26.5. The summed E-state index contributed by atoms with van der Waals surface area (Å²) >= 11 is 0. The molecule has 4 heteroatoms. The lowest BCUT2D eigenvalue weighted by Gasteiger charge is -2.34. The molecule has 0 saturated heterocycles. The molecule has 1 amide bonds. The van der Waals surface area contributed by atoms with E-state index in [1.165, 1.54) is 0 Å². The molecule has 0 aliphatic rings. The second-order valence-electron chi connectivity index (χ2n) is 9.63. The molecule has 0 aliphatic carbocycles. The van der Waals surface area contributed by atoms with Gasteiger partial charge in [0.25, 0.3) is 0 Å². The topological polar surface area (TPSA) is 72.2 Å². The average Bonchev–Trinajstić information content (AvgIpc) is 2.97. The van der Waals surface area contributed by atoms with Crippen molar-refractivity contribution in [2.24, 2.45) is 5.73 Å². The maximum absolute atomic E-state index is 14.2. The van der Waals surface area contributed by atoms with Gasteiger partial charge in [-0.3, -0.25) is 9.59 Å². The number of hydrogen-bond donors (Lipinski definition) is 2. The Morgan fingerprint density at radius 2 is 1.03 bits per heavy atom. The van der Waals surface area contributed by atoms with Gasteiger partial charge in [-0.05, 0) is 47.2 Å². The van der Waals surface area contributed by atoms with Crippen LogP contribution in [0.3, 0.4) is 0 Å². The van der Waals surface area contributed by atoms with E-state index >= 15 is 0 Å². The van der Waals surface area contributed by atoms with Crippen LogP contribution >= 0.6 is 0 Å². The Bertz CT molecular complexity index is 1190. The summed E-state index contributed by atoms with van der Waals surface area (Å²) < 4.78 is 0. The third-order valence-electron chi connectivity index (χ3n) is 7.07. The minimum absolute atomic E-state index is 0.0119. The van der Waals surface area contributed by atoms with Gasteiger partial charge in [0.1, 0.15) is 5.41 Å². The molecule has 0 bridgehead atoms. The number of unbranched alkanes of at least 4 members (excludes halogenated alkanes) is 3. The third kappa shape index (κ3) is 6.45. The molecule has 0 heterocycles. The van der Waals surface area contributed by atoms with E-state index < -0.39 is 5.41 Å². The third-order valence-corrected chi connectivity index (χ3v) is 7.07. The van der Waals surface area contributed by atoms with Crippen LogP contribution in [0.4, 0.5) is 5.69 Å². The fourth-order valence-corrected chi connectivity index (χ4v) is 5.11. The number of carbonyl (C=O) groups excluding carboxylic acids is 2. The molecule has 0 aliphatic heterocycles. The highest BCUT2D eigenvalue weighted by Crippen LogP contribution is 2.41. The van der Waals surface area contributed by atoms with Crippen LogP contribution in [0.25, 0.3) is 0 Å². The van der Waals surface area contributed by atoms with Crippen molar-refractivity contribution in [2.45, 2.75) is 50.5 Å². The van der Waals surface area contributed by atoms with Gasteiger partial charge in [0, 0.05) is 25.1 Å². The number of nitrogens with two attached hydrogens (primary N) is 1. The molecule has 0 unspecified atom stereocenters. The molecule has 0 atom stereocenters. The van der Waals surface area contributed by atoms with Crippen LogP contribution < -0.4 is 11.1 Å². The van der Waals surface area contributed by atoms with E-state index in [4.69, 9.17) is 5.73 Å². The fraction of sp³-hybridized carbons (Fsp3) is 0.235. The minimum atomic E-state index is -0.858. The van der Waals surface area contributed by atoms with Crippen LogP contribution in [0.5, 0.6) is 0 Å². The summed E-state index contributed by atoms with van der Waals surface area (Å²) in [5, 5.41) is 2.94. The first kappa shape index (κ1) is 27.0. The van der Waals surface area contributed by atoms with Gasteiger partial charge in [0.2, 0.25) is 5.91 Å². The Morgan fingerprint density at radius 1 is 0.579 bits per heavy atom. The lowest BCUT2D eigenvalue weighted by Crippen LogP contribution is -2.38. The van der Waals surface area contributed by atoms with Crippen LogP contribution in [0.2, 0.25) is 0 Å². The molecule has 38 heavy (non-hydrogen) atoms. The zero-order chi connectivity index (χ0) is 26.6. The van der Waals surface area contributed by atoms with Crippen LogP contribution in [-0.2, 0) is 21.5 Å². The number of nitrogens with one attached hydrogen (secondary N) is 1. The van der Waals surface area contributed by atoms with Crippen molar-refractivity contribution < 1.29 is 9.59 Å². The highest BCUT2D eigenvalue weighted by Gasteiger charge is 2.42. The largest absolute Gasteiger partial charge is 0.326 e. The van der Waals surface area contributed by atoms with Gasteiger partial charge < -0.3 is 11.1 Å². The van der Waals surface area contributed by atoms with E-state index in [1.54, 1.807) is 0 Å². The van der Waals surface area contributed by atoms with Gasteiger partial charge in [-0.2, -0.15) is 0 Å². The SMILES string of the molecule is NCc1ccc(NC(=O)CCCCCCC(=O)C(c2ccccc2)(c2ccccc2)c2ccccc2)cc1. The molecule has 0 spiro atoms. The monoisotopic (exact) mass is 504 g/mol. The number of Topliss-reactive ketones (excluding diaryl/α,β-unsaturated/α-hetero) is 1. The molecule has 194 valence electrons. The van der Waals surface area contributed by atoms with Crippen molar-refractivity contribution in [3.63, 3.8) is 0 Å². The summed E-state index contributed by atoms with van der Waals surface area (Å²) in [6.07, 6.45) is 4.32. The number of amides is 1. The highest BCUT2D eigenvalue weighted by molar-refractivity contribution is 5.97. The Labute approximate surface area is 225 Å². The summed E-state index contributed by atoms with van der Waals surface area (Å²) in [7, 11) is 0.